The molecule has 6 rings (SSSR count). The van der Waals surface area contributed by atoms with E-state index in [9.17, 15) is 57.5 Å². The molecule has 1 aromatic heterocycles. The van der Waals surface area contributed by atoms with E-state index in [1.165, 1.54) is 39.8 Å². The molecule has 0 saturated carbocycles. The molecule has 0 aromatic carbocycles. The smallest absolute Gasteiger partial charge is 0.392 e. The van der Waals surface area contributed by atoms with E-state index in [2.05, 4.69) is 0 Å². The van der Waals surface area contributed by atoms with Crippen LogP contribution >= 0.6 is 0 Å². The number of esters is 5. The molecule has 5 unspecified atom stereocenters. The molecule has 24 heteroatoms. The molecular formula is C62H86O24. The first kappa shape index (κ1) is 75.8. The van der Waals surface area contributed by atoms with Gasteiger partial charge >= 0.3 is 64.2 Å². The molecule has 0 bridgehead atoms. The predicted octanol–water partition coefficient (Wildman–Crippen LogP) is 7.72. The quantitative estimate of drug-likeness (QED) is 0.104. The summed E-state index contributed by atoms with van der Waals surface area (Å²) in [6.07, 6.45) is 7.62. The summed E-state index contributed by atoms with van der Waals surface area (Å²) in [6.45, 7) is 37.4. The lowest BCUT2D eigenvalue weighted by Crippen LogP contribution is -2.43. The van der Waals surface area contributed by atoms with Crippen molar-refractivity contribution in [3.05, 3.63) is 90.3 Å². The molecule has 0 aliphatic carbocycles. The number of hydrogen-bond acceptors (Lipinski definition) is 24. The van der Waals surface area contributed by atoms with Crippen LogP contribution in [0.2, 0.25) is 0 Å². The van der Waals surface area contributed by atoms with Gasteiger partial charge in [0.1, 0.15) is 11.9 Å². The third-order valence-corrected chi connectivity index (χ3v) is 12.2. The van der Waals surface area contributed by atoms with Crippen molar-refractivity contribution in [1.82, 2.24) is 0 Å². The Hall–Kier alpha value is -8.18. The first-order valence-electron chi connectivity index (χ1n) is 28.0. The zero-order valence-corrected chi connectivity index (χ0v) is 53.7. The minimum Gasteiger partial charge on any atom is -0.487 e. The number of carbonyl (C=O) groups is 10. The molecule has 24 nitrogen and oxygen atoms in total. The highest BCUT2D eigenvalue weighted by Gasteiger charge is 2.55. The predicted molar refractivity (Wildman–Crippen MR) is 308 cm³/mol. The Bertz CT molecular complexity index is 3090. The van der Waals surface area contributed by atoms with Crippen molar-refractivity contribution >= 4 is 69.9 Å². The number of rotatable bonds is 13. The number of carbonyl (C=O) groups excluding carboxylic acids is 10. The van der Waals surface area contributed by atoms with E-state index in [-0.39, 0.29) is 106 Å². The van der Waals surface area contributed by atoms with Gasteiger partial charge in [-0.05, 0) is 136 Å². The number of Topliss-reactive ketones (excluding diaryl/α,β-unsaturated/α-hetero) is 5. The Morgan fingerprint density at radius 3 is 1.28 bits per heavy atom. The Labute approximate surface area is 500 Å². The summed E-state index contributed by atoms with van der Waals surface area (Å²) in [6, 6.07) is 0. The summed E-state index contributed by atoms with van der Waals surface area (Å²) in [7, 11) is 0. The maximum Gasteiger partial charge on any atom is 0.392 e. The first-order chi connectivity index (χ1) is 39.7. The van der Waals surface area contributed by atoms with Crippen molar-refractivity contribution in [3.63, 3.8) is 0 Å². The molecule has 5 saturated heterocycles. The molecular weight excluding hydrogens is 1130 g/mol. The van der Waals surface area contributed by atoms with Gasteiger partial charge in [0, 0.05) is 52.4 Å². The largest absolute Gasteiger partial charge is 0.487 e. The average Bonchev–Trinajstić information content (AvgIpc) is 2.15. The normalized spacial score (nSPS) is 24.2. The summed E-state index contributed by atoms with van der Waals surface area (Å²) >= 11 is 0. The minimum absolute atomic E-state index is 0.0139. The van der Waals surface area contributed by atoms with Crippen LogP contribution in [0.4, 0.5) is 0 Å². The van der Waals surface area contributed by atoms with Crippen LogP contribution in [0.25, 0.3) is 11.1 Å². The van der Waals surface area contributed by atoms with E-state index in [1.54, 1.807) is 95.2 Å². The van der Waals surface area contributed by atoms with Gasteiger partial charge in [0.2, 0.25) is 57.0 Å². The highest BCUT2D eigenvalue weighted by molar-refractivity contribution is 5.98. The van der Waals surface area contributed by atoms with Gasteiger partial charge in [-0.15, -0.1) is 0 Å². The number of ketones is 5. The van der Waals surface area contributed by atoms with Crippen LogP contribution in [-0.2, 0) is 95.3 Å². The third-order valence-electron chi connectivity index (χ3n) is 12.2. The van der Waals surface area contributed by atoms with Crippen LogP contribution < -0.4 is 22.1 Å². The van der Waals surface area contributed by atoms with Gasteiger partial charge in [0.05, 0.1) is 13.0 Å². The molecule has 5 fully saturated rings. The van der Waals surface area contributed by atoms with Crippen molar-refractivity contribution in [1.29, 1.82) is 0 Å². The Kier molecular flexibility index (Phi) is 29.0. The summed E-state index contributed by atoms with van der Waals surface area (Å²) in [5, 5.41) is 0. The van der Waals surface area contributed by atoms with Gasteiger partial charge < -0.3 is 61.0 Å². The fourth-order valence-corrected chi connectivity index (χ4v) is 7.77. The molecule has 0 N–H and O–H groups in total. The van der Waals surface area contributed by atoms with E-state index < -0.39 is 64.2 Å². The Balaban J connectivity index is 0.000000521. The fourth-order valence-electron chi connectivity index (χ4n) is 7.77. The summed E-state index contributed by atoms with van der Waals surface area (Å²) in [4.78, 5) is 136. The van der Waals surface area contributed by atoms with Gasteiger partial charge in [0.25, 0.3) is 0 Å². The maximum atomic E-state index is 11.8. The zero-order valence-electron chi connectivity index (χ0n) is 53.7. The number of cyclic esters (lactones) is 4. The maximum absolute atomic E-state index is 11.8. The monoisotopic (exact) mass is 1210 g/mol. The second-order valence-electron chi connectivity index (χ2n) is 21.6. The SMILES string of the molecule is C/C=C1\OC(C)CC1=O.C/C=C1\OC(CC)(C(C)=O)OC1=O.C/C=C1\OC(CCC(C)=O)(C(=O)OCC)OC1=O.CC(=O)C1(C(C)C)OC(=O)C(=C(C)C)O1.CC(=O)C1(CC(C)C)OC(=O)/C(=C/C(C)C)O1.CC(C)=c1oc(=O)c(=C(C)C)oc1=O. The second-order valence-corrected chi connectivity index (χ2v) is 21.6. The van der Waals surface area contributed by atoms with Crippen LogP contribution in [0.15, 0.2) is 77.1 Å². The van der Waals surface area contributed by atoms with E-state index in [4.69, 9.17) is 56.2 Å². The number of allylic oxidation sites excluding steroid dienone is 6. The molecule has 5 atom stereocenters. The molecule has 0 spiro atoms. The Morgan fingerprint density at radius 2 is 0.988 bits per heavy atom. The van der Waals surface area contributed by atoms with Gasteiger partial charge in [-0.2, -0.15) is 0 Å². The van der Waals surface area contributed by atoms with Gasteiger partial charge in [-0.3, -0.25) is 19.2 Å². The number of hydrogen-bond donors (Lipinski definition) is 0. The lowest BCUT2D eigenvalue weighted by Gasteiger charge is -2.26. The van der Waals surface area contributed by atoms with E-state index >= 15 is 0 Å². The zero-order chi connectivity index (χ0) is 66.6. The minimum atomic E-state index is -1.82. The van der Waals surface area contributed by atoms with E-state index in [0.717, 1.165) is 0 Å². The van der Waals surface area contributed by atoms with Crippen molar-refractivity contribution in [2.24, 2.45) is 17.8 Å². The van der Waals surface area contributed by atoms with E-state index in [1.807, 2.05) is 41.5 Å². The van der Waals surface area contributed by atoms with Gasteiger partial charge in [0.15, 0.2) is 5.76 Å². The molecule has 0 radical (unpaired) electrons. The number of ether oxygens (including phenoxy) is 10. The molecule has 86 heavy (non-hydrogen) atoms. The summed E-state index contributed by atoms with van der Waals surface area (Å²) < 4.78 is 61.0. The van der Waals surface area contributed by atoms with E-state index in [0.29, 0.717) is 41.7 Å². The lowest BCUT2D eigenvalue weighted by molar-refractivity contribution is -0.207. The Morgan fingerprint density at radius 1 is 0.547 bits per heavy atom. The summed E-state index contributed by atoms with van der Waals surface area (Å²) in [5.41, 5.74) is 0.706. The van der Waals surface area contributed by atoms with Crippen LogP contribution in [0.1, 0.15) is 184 Å². The highest BCUT2D eigenvalue weighted by atomic mass is 16.8. The third kappa shape index (κ3) is 20.2. The topological polar surface area (TPSA) is 323 Å². The molecule has 6 heterocycles. The molecule has 5 aliphatic heterocycles. The van der Waals surface area contributed by atoms with Crippen LogP contribution in [-0.4, -0.2) is 94.6 Å². The van der Waals surface area contributed by atoms with Crippen molar-refractivity contribution in [2.75, 3.05) is 6.61 Å². The van der Waals surface area contributed by atoms with Crippen LogP contribution in [0.3, 0.4) is 0 Å². The first-order valence-corrected chi connectivity index (χ1v) is 28.0. The summed E-state index contributed by atoms with van der Waals surface area (Å²) in [5.74, 6) is -9.04. The van der Waals surface area contributed by atoms with Crippen molar-refractivity contribution in [2.45, 2.75) is 214 Å². The lowest BCUT2D eigenvalue weighted by atomic mass is 9.99. The van der Waals surface area contributed by atoms with Crippen molar-refractivity contribution < 1.29 is 104 Å². The molecule has 478 valence electrons. The van der Waals surface area contributed by atoms with Crippen LogP contribution in [0.5, 0.6) is 0 Å². The van der Waals surface area contributed by atoms with Gasteiger partial charge in [-0.1, -0.05) is 48.5 Å². The standard InChI is InChI=1S/C13H20O4.C12H16O6.C11H16O4.C10H12O4.C9H12O4.C7H10O2/c1-8(2)6-11-12(15)17-13(16-11,10(5)14)7-9(3)4;1-4-9-10(14)18-12(17-9,7-6-8(3)13)11(15)16-5-2;1-6(2)9-10(13)15-11(14-9,7(3)4)8(5)12;1-5(2)7-9(11)14-8(6(3)4)10(12)13-7;1-4-7-8(11)13-9(5-2,12-7)6(3)10;1-3-7-6(8)4-5(2)9-7/h6,8-9H,7H2,1-5H3;4H,5-7H2,1-3H3;7H,1-5H3;1-4H3;4H,5H2,1-3H3;3,5H,4H2,1-2H3/b11-6-;9-4-;;;7-4-;7-3-. The molecule has 5 aliphatic rings. The fraction of sp³-hybridized carbons (Fsp3) is 0.581. The average molecular weight is 1220 g/mol. The van der Waals surface area contributed by atoms with Crippen LogP contribution in [0, 0.1) is 17.8 Å². The van der Waals surface area contributed by atoms with Crippen molar-refractivity contribution in [3.8, 4) is 0 Å². The highest BCUT2D eigenvalue weighted by Crippen LogP contribution is 2.37. The van der Waals surface area contributed by atoms with Gasteiger partial charge in [-0.25, -0.2) is 33.6 Å². The molecule has 1 aromatic rings. The second kappa shape index (κ2) is 32.9. The molecule has 0 amide bonds.